The van der Waals surface area contributed by atoms with Crippen LogP contribution in [0, 0.1) is 0 Å². The number of esters is 2. The van der Waals surface area contributed by atoms with Crippen molar-refractivity contribution in [3.8, 4) is 0 Å². The minimum atomic E-state index is -0.576. The molecule has 0 saturated carbocycles. The van der Waals surface area contributed by atoms with Gasteiger partial charge in [0.15, 0.2) is 6.10 Å². The van der Waals surface area contributed by atoms with E-state index in [-0.39, 0.29) is 31.6 Å². The minimum absolute atomic E-state index is 0.0302. The molecule has 0 rings (SSSR count). The normalized spacial score (nSPS) is 12.8. The lowest BCUT2D eigenvalue weighted by atomic mass is 10.1. The highest BCUT2D eigenvalue weighted by molar-refractivity contribution is 5.71. The first-order chi connectivity index (χ1) is 29.6. The van der Waals surface area contributed by atoms with Crippen molar-refractivity contribution in [3.05, 3.63) is 72.9 Å². The lowest BCUT2D eigenvalue weighted by molar-refractivity contribution is -0.162. The van der Waals surface area contributed by atoms with Crippen molar-refractivity contribution >= 4 is 11.9 Å². The molecule has 346 valence electrons. The van der Waals surface area contributed by atoms with Crippen LogP contribution in [0.4, 0.5) is 0 Å². The monoisotopic (exact) mass is 837 g/mol. The van der Waals surface area contributed by atoms with Gasteiger partial charge in [-0.15, -0.1) is 0 Å². The van der Waals surface area contributed by atoms with Crippen molar-refractivity contribution in [3.63, 3.8) is 0 Å². The summed E-state index contributed by atoms with van der Waals surface area (Å²) in [4.78, 5) is 25.3. The number of hydrogen-bond donors (Lipinski definition) is 0. The second-order valence-corrected chi connectivity index (χ2v) is 16.7. The third kappa shape index (κ3) is 48.0. The summed E-state index contributed by atoms with van der Waals surface area (Å²) in [6.45, 7) is 7.60. The molecule has 0 aliphatic carbocycles. The van der Waals surface area contributed by atoms with Crippen LogP contribution in [0.25, 0.3) is 0 Å². The van der Waals surface area contributed by atoms with Gasteiger partial charge in [-0.25, -0.2) is 0 Å². The Balaban J connectivity index is 4.33. The van der Waals surface area contributed by atoms with E-state index in [1.54, 1.807) is 0 Å². The maximum Gasteiger partial charge on any atom is 0.309 e. The van der Waals surface area contributed by atoms with E-state index in [1.165, 1.54) is 148 Å². The second-order valence-electron chi connectivity index (χ2n) is 16.7. The highest BCUT2D eigenvalue weighted by Gasteiger charge is 2.17. The standard InChI is InChI=1S/C55H96O5/c1-4-7-10-13-16-19-22-24-26-27-28-30-32-35-38-41-44-47-50-58-51-53(60-55(57)49-46-43-40-37-33-21-18-15-12-9-6-3)52-59-54(56)48-45-42-39-36-34-31-29-25-23-20-17-14-11-8-5-2/h8,11,17,20,24-26,29,34,36,42,45,53H,4-7,9-10,12-16,18-19,21-23,27-28,30-33,35,37-41,43-44,46-52H2,1-3H3/b11-8-,20-17-,26-24-,29-25-,36-34-,45-42-. The van der Waals surface area contributed by atoms with E-state index in [1.807, 2.05) is 12.2 Å². The zero-order chi connectivity index (χ0) is 43.5. The van der Waals surface area contributed by atoms with Crippen LogP contribution in [0.1, 0.15) is 239 Å². The fraction of sp³-hybridized carbons (Fsp3) is 0.745. The van der Waals surface area contributed by atoms with Gasteiger partial charge in [-0.3, -0.25) is 9.59 Å². The van der Waals surface area contributed by atoms with E-state index in [0.29, 0.717) is 13.0 Å². The van der Waals surface area contributed by atoms with Crippen molar-refractivity contribution in [1.29, 1.82) is 0 Å². The molecule has 0 N–H and O–H groups in total. The molecule has 0 saturated heterocycles. The first-order valence-corrected chi connectivity index (χ1v) is 25.5. The Morgan fingerprint density at radius 1 is 0.400 bits per heavy atom. The van der Waals surface area contributed by atoms with Crippen LogP contribution in [-0.4, -0.2) is 37.9 Å². The third-order valence-electron chi connectivity index (χ3n) is 10.8. The summed E-state index contributed by atoms with van der Waals surface area (Å²) < 4.78 is 17.3. The SMILES string of the molecule is CC/C=C\C/C=C\C/C=C\C/C=C\C/C=C\CC(=O)OCC(COCCCCCCCCCC/C=C\CCCCCCCC)OC(=O)CCCCCCCCCCCCC. The zero-order valence-corrected chi connectivity index (χ0v) is 39.7. The summed E-state index contributed by atoms with van der Waals surface area (Å²) in [5.41, 5.74) is 0. The molecule has 5 nitrogen and oxygen atoms in total. The Labute approximate surface area is 372 Å². The van der Waals surface area contributed by atoms with Gasteiger partial charge in [-0.05, 0) is 70.6 Å². The Morgan fingerprint density at radius 3 is 1.27 bits per heavy atom. The van der Waals surface area contributed by atoms with Crippen LogP contribution >= 0.6 is 0 Å². The van der Waals surface area contributed by atoms with E-state index >= 15 is 0 Å². The van der Waals surface area contributed by atoms with Crippen molar-refractivity contribution in [1.82, 2.24) is 0 Å². The smallest absolute Gasteiger partial charge is 0.309 e. The summed E-state index contributed by atoms with van der Waals surface area (Å²) in [5.74, 6) is -0.541. The van der Waals surface area contributed by atoms with Crippen LogP contribution < -0.4 is 0 Å². The van der Waals surface area contributed by atoms with Gasteiger partial charge < -0.3 is 14.2 Å². The molecule has 60 heavy (non-hydrogen) atoms. The van der Waals surface area contributed by atoms with Gasteiger partial charge in [0, 0.05) is 13.0 Å². The summed E-state index contributed by atoms with van der Waals surface area (Å²) in [5, 5.41) is 0. The number of unbranched alkanes of at least 4 members (excludes halogenated alkanes) is 24. The van der Waals surface area contributed by atoms with Crippen LogP contribution in [0.15, 0.2) is 72.9 Å². The lowest BCUT2D eigenvalue weighted by Gasteiger charge is -2.18. The number of rotatable bonds is 46. The number of allylic oxidation sites excluding steroid dienone is 11. The fourth-order valence-electron chi connectivity index (χ4n) is 6.99. The van der Waals surface area contributed by atoms with E-state index in [0.717, 1.165) is 57.8 Å². The Kier molecular flexibility index (Phi) is 48.4. The van der Waals surface area contributed by atoms with E-state index < -0.39 is 6.10 Å². The number of ether oxygens (including phenoxy) is 3. The summed E-state index contributed by atoms with van der Waals surface area (Å²) in [6.07, 6.45) is 65.1. The fourth-order valence-corrected chi connectivity index (χ4v) is 6.99. The number of carbonyl (C=O) groups excluding carboxylic acids is 2. The molecule has 5 heteroatoms. The number of hydrogen-bond acceptors (Lipinski definition) is 5. The maximum atomic E-state index is 12.7. The van der Waals surface area contributed by atoms with Gasteiger partial charge in [0.1, 0.15) is 6.61 Å². The summed E-state index contributed by atoms with van der Waals surface area (Å²) in [7, 11) is 0. The quantitative estimate of drug-likeness (QED) is 0.0347. The molecule has 0 fully saturated rings. The van der Waals surface area contributed by atoms with Crippen LogP contribution in [0.5, 0.6) is 0 Å². The lowest BCUT2D eigenvalue weighted by Crippen LogP contribution is -2.30. The predicted molar refractivity (Wildman–Crippen MR) is 260 cm³/mol. The predicted octanol–water partition coefficient (Wildman–Crippen LogP) is 17.1. The highest BCUT2D eigenvalue weighted by atomic mass is 16.6. The first kappa shape index (κ1) is 57.3. The topological polar surface area (TPSA) is 61.8 Å². The largest absolute Gasteiger partial charge is 0.461 e. The maximum absolute atomic E-state index is 12.7. The van der Waals surface area contributed by atoms with Crippen LogP contribution in [0.2, 0.25) is 0 Å². The van der Waals surface area contributed by atoms with Gasteiger partial charge in [0.25, 0.3) is 0 Å². The van der Waals surface area contributed by atoms with Crippen molar-refractivity contribution in [2.75, 3.05) is 19.8 Å². The minimum Gasteiger partial charge on any atom is -0.461 e. The Bertz CT molecular complexity index is 1080. The molecule has 0 aliphatic rings. The van der Waals surface area contributed by atoms with Gasteiger partial charge in [0.2, 0.25) is 0 Å². The third-order valence-corrected chi connectivity index (χ3v) is 10.8. The average molecular weight is 837 g/mol. The molecule has 0 aliphatic heterocycles. The molecule has 0 aromatic rings. The van der Waals surface area contributed by atoms with Crippen molar-refractivity contribution in [2.24, 2.45) is 0 Å². The van der Waals surface area contributed by atoms with Crippen molar-refractivity contribution < 1.29 is 23.8 Å². The van der Waals surface area contributed by atoms with Gasteiger partial charge >= 0.3 is 11.9 Å². The molecular formula is C55H96O5. The molecule has 0 aromatic heterocycles. The van der Waals surface area contributed by atoms with Gasteiger partial charge in [-0.2, -0.15) is 0 Å². The average Bonchev–Trinajstić information content (AvgIpc) is 3.25. The zero-order valence-electron chi connectivity index (χ0n) is 39.7. The summed E-state index contributed by atoms with van der Waals surface area (Å²) >= 11 is 0. The first-order valence-electron chi connectivity index (χ1n) is 25.5. The molecule has 1 atom stereocenters. The van der Waals surface area contributed by atoms with Crippen molar-refractivity contribution in [2.45, 2.75) is 245 Å². The van der Waals surface area contributed by atoms with Gasteiger partial charge in [0.05, 0.1) is 13.0 Å². The molecule has 0 amide bonds. The molecule has 0 bridgehead atoms. The van der Waals surface area contributed by atoms with Crippen LogP contribution in [-0.2, 0) is 23.8 Å². The Hall–Kier alpha value is -2.66. The molecule has 0 spiro atoms. The van der Waals surface area contributed by atoms with Gasteiger partial charge in [-0.1, -0.05) is 229 Å². The van der Waals surface area contributed by atoms with E-state index in [2.05, 4.69) is 81.5 Å². The van der Waals surface area contributed by atoms with E-state index in [9.17, 15) is 9.59 Å². The Morgan fingerprint density at radius 2 is 0.800 bits per heavy atom. The highest BCUT2D eigenvalue weighted by Crippen LogP contribution is 2.14. The van der Waals surface area contributed by atoms with Crippen LogP contribution in [0.3, 0.4) is 0 Å². The molecule has 0 aromatic carbocycles. The molecular weight excluding hydrogens is 741 g/mol. The summed E-state index contributed by atoms with van der Waals surface area (Å²) in [6, 6.07) is 0. The molecule has 0 heterocycles. The number of carbonyl (C=O) groups is 2. The molecule has 1 unspecified atom stereocenters. The molecule has 0 radical (unpaired) electrons. The van der Waals surface area contributed by atoms with E-state index in [4.69, 9.17) is 14.2 Å². The second kappa shape index (κ2) is 50.7.